The van der Waals surface area contributed by atoms with E-state index in [0.29, 0.717) is 32.7 Å². The number of non-ortho nitro benzene ring substituents is 1. The Labute approximate surface area is 153 Å². The Morgan fingerprint density at radius 1 is 1.19 bits per heavy atom. The highest BCUT2D eigenvalue weighted by atomic mass is 35.5. The normalized spacial score (nSPS) is 10.8. The lowest BCUT2D eigenvalue weighted by atomic mass is 9.95. The highest BCUT2D eigenvalue weighted by Crippen LogP contribution is 2.26. The maximum absolute atomic E-state index is 12.5. The molecule has 1 heterocycles. The van der Waals surface area contributed by atoms with Gasteiger partial charge in [0.15, 0.2) is 0 Å². The predicted octanol–water partition coefficient (Wildman–Crippen LogP) is 4.08. The van der Waals surface area contributed by atoms with Gasteiger partial charge in [-0.3, -0.25) is 14.9 Å². The number of Topliss-reactive ketones (excluding diaryl/α,β-unsaturated/α-hetero) is 1. The first kappa shape index (κ1) is 17.8. The fourth-order valence-electron chi connectivity index (χ4n) is 2.89. The minimum absolute atomic E-state index is 0.0483. The third kappa shape index (κ3) is 3.65. The third-order valence-corrected chi connectivity index (χ3v) is 4.24. The second-order valence-electron chi connectivity index (χ2n) is 5.97. The molecule has 0 radical (unpaired) electrons. The van der Waals surface area contributed by atoms with E-state index in [1.54, 1.807) is 30.3 Å². The van der Waals surface area contributed by atoms with E-state index >= 15 is 0 Å². The fourth-order valence-corrected chi connectivity index (χ4v) is 3.06. The summed E-state index contributed by atoms with van der Waals surface area (Å²) in [5, 5.41) is 12.0. The number of hydrogen-bond donors (Lipinski definition) is 0. The summed E-state index contributed by atoms with van der Waals surface area (Å²) in [6.07, 6.45) is 0.168. The van der Waals surface area contributed by atoms with Gasteiger partial charge in [-0.05, 0) is 36.2 Å². The van der Waals surface area contributed by atoms with Crippen LogP contribution in [0.1, 0.15) is 23.6 Å². The minimum atomic E-state index is -0.567. The lowest BCUT2D eigenvalue weighted by Gasteiger charge is -2.11. The first-order chi connectivity index (χ1) is 12.3. The quantitative estimate of drug-likeness (QED) is 0.383. The Morgan fingerprint density at radius 3 is 2.65 bits per heavy atom. The fraction of sp³-hybridized carbons (Fsp3) is 0.158. The van der Waals surface area contributed by atoms with Crippen molar-refractivity contribution in [1.29, 1.82) is 0 Å². The number of hydrogen-bond acceptors (Lipinski definition) is 5. The zero-order valence-electron chi connectivity index (χ0n) is 13.8. The van der Waals surface area contributed by atoms with Crippen LogP contribution in [0.4, 0.5) is 5.69 Å². The van der Waals surface area contributed by atoms with E-state index in [2.05, 4.69) is 0 Å². The van der Waals surface area contributed by atoms with Gasteiger partial charge in [0, 0.05) is 40.9 Å². The van der Waals surface area contributed by atoms with Crippen LogP contribution in [0, 0.1) is 10.1 Å². The van der Waals surface area contributed by atoms with Crippen LogP contribution in [0.25, 0.3) is 11.0 Å². The molecule has 3 aromatic rings. The van der Waals surface area contributed by atoms with Gasteiger partial charge in [0.05, 0.1) is 4.92 Å². The van der Waals surface area contributed by atoms with Gasteiger partial charge < -0.3 is 4.42 Å². The van der Waals surface area contributed by atoms with E-state index in [0.717, 1.165) is 0 Å². The van der Waals surface area contributed by atoms with E-state index in [1.165, 1.54) is 19.1 Å². The summed E-state index contributed by atoms with van der Waals surface area (Å²) in [4.78, 5) is 34.7. The largest absolute Gasteiger partial charge is 0.423 e. The topological polar surface area (TPSA) is 90.4 Å². The number of nitro benzene ring substituents is 1. The average Bonchev–Trinajstić information content (AvgIpc) is 2.58. The number of ketones is 1. The van der Waals surface area contributed by atoms with Gasteiger partial charge >= 0.3 is 5.63 Å². The number of carbonyl (C=O) groups excluding carboxylic acids is 1. The molecular formula is C19H14ClNO5. The Bertz CT molecular complexity index is 1090. The van der Waals surface area contributed by atoms with Crippen molar-refractivity contribution in [3.05, 3.63) is 84.7 Å². The molecule has 0 amide bonds. The lowest BCUT2D eigenvalue weighted by molar-refractivity contribution is -0.384. The van der Waals surface area contributed by atoms with Gasteiger partial charge in [-0.2, -0.15) is 0 Å². The summed E-state index contributed by atoms with van der Waals surface area (Å²) in [7, 11) is 0. The summed E-state index contributed by atoms with van der Waals surface area (Å²) in [5.41, 5.74) is 1.13. The molecule has 6 nitrogen and oxygen atoms in total. The van der Waals surface area contributed by atoms with Crippen LogP contribution in [0.2, 0.25) is 5.02 Å². The molecule has 0 fully saturated rings. The monoisotopic (exact) mass is 371 g/mol. The molecule has 0 atom stereocenters. The van der Waals surface area contributed by atoms with Crippen molar-refractivity contribution < 1.29 is 14.1 Å². The molecule has 0 spiro atoms. The molecule has 0 aliphatic rings. The van der Waals surface area contributed by atoms with Crippen LogP contribution in [0.5, 0.6) is 0 Å². The standard InChI is InChI=1S/C19H14ClNO5/c1-11(22)7-15-16-10-13(20)5-6-18(16)26-19(23)17(15)9-12-3-2-4-14(8-12)21(24)25/h2-6,8,10H,7,9H2,1H3. The Hall–Kier alpha value is -2.99. The maximum atomic E-state index is 12.5. The van der Waals surface area contributed by atoms with Gasteiger partial charge in [-0.15, -0.1) is 0 Å². The van der Waals surface area contributed by atoms with Crippen molar-refractivity contribution in [2.75, 3.05) is 0 Å². The number of nitrogens with zero attached hydrogens (tertiary/aromatic N) is 1. The number of rotatable bonds is 5. The number of benzene rings is 2. The highest BCUT2D eigenvalue weighted by molar-refractivity contribution is 6.31. The van der Waals surface area contributed by atoms with E-state index in [9.17, 15) is 19.7 Å². The first-order valence-corrected chi connectivity index (χ1v) is 8.20. The number of nitro groups is 1. The lowest BCUT2D eigenvalue weighted by Crippen LogP contribution is -2.15. The van der Waals surface area contributed by atoms with Gasteiger partial charge in [0.25, 0.3) is 5.69 Å². The summed E-state index contributed by atoms with van der Waals surface area (Å²) < 4.78 is 5.36. The average molecular weight is 372 g/mol. The van der Waals surface area contributed by atoms with Gasteiger partial charge in [-0.25, -0.2) is 4.79 Å². The molecular weight excluding hydrogens is 358 g/mol. The Morgan fingerprint density at radius 2 is 1.96 bits per heavy atom. The van der Waals surface area contributed by atoms with Crippen molar-refractivity contribution in [3.8, 4) is 0 Å². The van der Waals surface area contributed by atoms with Crippen molar-refractivity contribution in [3.63, 3.8) is 0 Å². The van der Waals surface area contributed by atoms with Crippen LogP contribution in [-0.2, 0) is 17.6 Å². The van der Waals surface area contributed by atoms with Crippen molar-refractivity contribution >= 4 is 34.0 Å². The molecule has 2 aromatic carbocycles. The second-order valence-corrected chi connectivity index (χ2v) is 6.41. The van der Waals surface area contributed by atoms with E-state index in [1.807, 2.05) is 0 Å². The van der Waals surface area contributed by atoms with E-state index in [4.69, 9.17) is 16.0 Å². The van der Waals surface area contributed by atoms with Gasteiger partial charge in [0.1, 0.15) is 11.4 Å². The number of fused-ring (bicyclic) bond motifs is 1. The Kier molecular flexibility index (Phi) is 4.86. The van der Waals surface area contributed by atoms with E-state index < -0.39 is 10.5 Å². The molecule has 3 rings (SSSR count). The summed E-state index contributed by atoms with van der Waals surface area (Å²) in [6.45, 7) is 1.43. The van der Waals surface area contributed by atoms with Crippen molar-refractivity contribution in [1.82, 2.24) is 0 Å². The highest BCUT2D eigenvalue weighted by Gasteiger charge is 2.18. The molecule has 132 valence electrons. The maximum Gasteiger partial charge on any atom is 0.340 e. The van der Waals surface area contributed by atoms with Gasteiger partial charge in [-0.1, -0.05) is 23.7 Å². The molecule has 0 aliphatic carbocycles. The molecule has 7 heteroatoms. The molecule has 0 N–H and O–H groups in total. The predicted molar refractivity (Wildman–Crippen MR) is 97.8 cm³/mol. The smallest absolute Gasteiger partial charge is 0.340 e. The summed E-state index contributed by atoms with van der Waals surface area (Å²) in [6, 6.07) is 10.9. The van der Waals surface area contributed by atoms with Crippen LogP contribution in [0.3, 0.4) is 0 Å². The third-order valence-electron chi connectivity index (χ3n) is 4.01. The molecule has 26 heavy (non-hydrogen) atoms. The van der Waals surface area contributed by atoms with E-state index in [-0.39, 0.29) is 24.3 Å². The second kappa shape index (κ2) is 7.09. The molecule has 0 unspecified atom stereocenters. The SMILES string of the molecule is CC(=O)Cc1c(Cc2cccc([N+](=O)[O-])c2)c(=O)oc2ccc(Cl)cc12. The zero-order chi connectivity index (χ0) is 18.8. The number of halogens is 1. The summed E-state index contributed by atoms with van der Waals surface area (Å²) in [5.74, 6) is -0.114. The van der Waals surface area contributed by atoms with Crippen molar-refractivity contribution in [2.24, 2.45) is 0 Å². The van der Waals surface area contributed by atoms with Crippen LogP contribution >= 0.6 is 11.6 Å². The van der Waals surface area contributed by atoms with Crippen molar-refractivity contribution in [2.45, 2.75) is 19.8 Å². The molecule has 0 bridgehead atoms. The van der Waals surface area contributed by atoms with Crippen LogP contribution in [0.15, 0.2) is 51.7 Å². The minimum Gasteiger partial charge on any atom is -0.423 e. The molecule has 1 aromatic heterocycles. The molecule has 0 saturated carbocycles. The molecule has 0 saturated heterocycles. The van der Waals surface area contributed by atoms with Crippen LogP contribution in [-0.4, -0.2) is 10.7 Å². The first-order valence-electron chi connectivity index (χ1n) is 7.82. The molecule has 0 aliphatic heterocycles. The van der Waals surface area contributed by atoms with Crippen LogP contribution < -0.4 is 5.63 Å². The zero-order valence-corrected chi connectivity index (χ0v) is 14.6. The summed E-state index contributed by atoms with van der Waals surface area (Å²) >= 11 is 6.06. The Balaban J connectivity index is 2.19. The van der Waals surface area contributed by atoms with Gasteiger partial charge in [0.2, 0.25) is 0 Å². The number of carbonyl (C=O) groups is 1.